The molecule has 0 aromatic heterocycles. The Labute approximate surface area is 129 Å². The van der Waals surface area contributed by atoms with Crippen molar-refractivity contribution in [2.24, 2.45) is 0 Å². The maximum absolute atomic E-state index is 11.9. The van der Waals surface area contributed by atoms with E-state index in [0.29, 0.717) is 17.9 Å². The number of ether oxygens (including phenoxy) is 1. The fourth-order valence-corrected chi connectivity index (χ4v) is 1.77. The van der Waals surface area contributed by atoms with Crippen molar-refractivity contribution >= 4 is 23.6 Å². The molecule has 0 radical (unpaired) electrons. The maximum atomic E-state index is 11.9. The largest absolute Gasteiger partial charge is 0.421 e. The third kappa shape index (κ3) is 4.59. The van der Waals surface area contributed by atoms with Crippen LogP contribution in [0.3, 0.4) is 0 Å². The molecule has 1 N–H and O–H groups in total. The van der Waals surface area contributed by atoms with Gasteiger partial charge in [-0.1, -0.05) is 49.4 Å². The van der Waals surface area contributed by atoms with Gasteiger partial charge in [0.25, 0.3) is 0 Å². The normalized spacial score (nSPS) is 10.4. The second-order valence-electron chi connectivity index (χ2n) is 4.56. The Kier molecular flexibility index (Phi) is 5.49. The van der Waals surface area contributed by atoms with Gasteiger partial charge in [0.15, 0.2) is 5.75 Å². The number of esters is 1. The van der Waals surface area contributed by atoms with Crippen LogP contribution < -0.4 is 10.1 Å². The van der Waals surface area contributed by atoms with Crippen molar-refractivity contribution in [3.8, 4) is 5.75 Å². The zero-order chi connectivity index (χ0) is 15.8. The molecular formula is C18H17NO3. The van der Waals surface area contributed by atoms with Gasteiger partial charge in [-0.3, -0.25) is 4.79 Å². The van der Waals surface area contributed by atoms with Gasteiger partial charge in [-0.15, -0.1) is 0 Å². The lowest BCUT2D eigenvalue weighted by molar-refractivity contribution is -0.129. The predicted molar refractivity (Wildman–Crippen MR) is 86.5 cm³/mol. The summed E-state index contributed by atoms with van der Waals surface area (Å²) >= 11 is 0. The molecule has 2 aromatic rings. The summed E-state index contributed by atoms with van der Waals surface area (Å²) in [6.45, 7) is 1.76. The van der Waals surface area contributed by atoms with Gasteiger partial charge in [-0.05, 0) is 23.8 Å². The first-order chi connectivity index (χ1) is 10.7. The summed E-state index contributed by atoms with van der Waals surface area (Å²) in [4.78, 5) is 23.3. The fourth-order valence-electron chi connectivity index (χ4n) is 1.77. The summed E-state index contributed by atoms with van der Waals surface area (Å²) < 4.78 is 5.27. The predicted octanol–water partition coefficient (Wildman–Crippen LogP) is 3.65. The van der Waals surface area contributed by atoms with Crippen LogP contribution in [0.25, 0.3) is 6.08 Å². The van der Waals surface area contributed by atoms with E-state index in [1.165, 1.54) is 6.08 Å². The quantitative estimate of drug-likeness (QED) is 0.520. The Morgan fingerprint density at radius 3 is 2.45 bits per heavy atom. The monoisotopic (exact) mass is 295 g/mol. The van der Waals surface area contributed by atoms with E-state index < -0.39 is 5.97 Å². The Morgan fingerprint density at radius 2 is 1.73 bits per heavy atom. The Bertz CT molecular complexity index is 678. The minimum atomic E-state index is -0.498. The van der Waals surface area contributed by atoms with Crippen LogP contribution >= 0.6 is 0 Å². The highest BCUT2D eigenvalue weighted by Crippen LogP contribution is 2.24. The summed E-state index contributed by atoms with van der Waals surface area (Å²) in [5, 5.41) is 2.70. The highest BCUT2D eigenvalue weighted by atomic mass is 16.5. The third-order valence-electron chi connectivity index (χ3n) is 2.90. The molecule has 1 amide bonds. The van der Waals surface area contributed by atoms with Crippen molar-refractivity contribution in [2.75, 3.05) is 5.32 Å². The molecule has 0 aliphatic heterocycles. The first-order valence-corrected chi connectivity index (χ1v) is 7.03. The number of carbonyl (C=O) groups excluding carboxylic acids is 2. The summed E-state index contributed by atoms with van der Waals surface area (Å²) in [6.07, 6.45) is 3.39. The first-order valence-electron chi connectivity index (χ1n) is 7.03. The Hall–Kier alpha value is -2.88. The van der Waals surface area contributed by atoms with Crippen LogP contribution in [0.4, 0.5) is 5.69 Å². The summed E-state index contributed by atoms with van der Waals surface area (Å²) in [5.41, 5.74) is 1.39. The molecule has 0 spiro atoms. The van der Waals surface area contributed by atoms with Crippen LogP contribution in [-0.4, -0.2) is 11.9 Å². The molecule has 0 aliphatic carbocycles. The number of amides is 1. The smallest absolute Gasteiger partial charge is 0.336 e. The summed E-state index contributed by atoms with van der Waals surface area (Å²) in [7, 11) is 0. The van der Waals surface area contributed by atoms with Crippen LogP contribution in [0.2, 0.25) is 0 Å². The van der Waals surface area contributed by atoms with Gasteiger partial charge < -0.3 is 10.1 Å². The molecule has 0 unspecified atom stereocenters. The highest BCUT2D eigenvalue weighted by molar-refractivity contribution is 5.94. The molecule has 0 saturated carbocycles. The van der Waals surface area contributed by atoms with Crippen LogP contribution in [0.1, 0.15) is 18.9 Å². The number of nitrogens with one attached hydrogen (secondary N) is 1. The molecule has 22 heavy (non-hydrogen) atoms. The van der Waals surface area contributed by atoms with Crippen LogP contribution in [0, 0.1) is 0 Å². The molecule has 112 valence electrons. The Balaban J connectivity index is 2.05. The summed E-state index contributed by atoms with van der Waals surface area (Å²) in [5.74, 6) is -0.308. The molecule has 0 saturated heterocycles. The molecule has 0 atom stereocenters. The van der Waals surface area contributed by atoms with E-state index in [1.807, 2.05) is 30.3 Å². The number of benzene rings is 2. The van der Waals surface area contributed by atoms with Crippen molar-refractivity contribution in [2.45, 2.75) is 13.3 Å². The zero-order valence-corrected chi connectivity index (χ0v) is 12.3. The topological polar surface area (TPSA) is 55.4 Å². The number of rotatable bonds is 5. The van der Waals surface area contributed by atoms with Crippen molar-refractivity contribution in [3.63, 3.8) is 0 Å². The third-order valence-corrected chi connectivity index (χ3v) is 2.90. The van der Waals surface area contributed by atoms with Crippen molar-refractivity contribution in [1.82, 2.24) is 0 Å². The van der Waals surface area contributed by atoms with Gasteiger partial charge in [-0.2, -0.15) is 0 Å². The number of anilines is 1. The molecule has 2 aromatic carbocycles. The average molecular weight is 295 g/mol. The molecule has 0 bridgehead atoms. The van der Waals surface area contributed by atoms with Crippen LogP contribution in [-0.2, 0) is 9.59 Å². The minimum absolute atomic E-state index is 0.136. The number of hydrogen-bond donors (Lipinski definition) is 1. The van der Waals surface area contributed by atoms with E-state index in [-0.39, 0.29) is 5.91 Å². The van der Waals surface area contributed by atoms with Gasteiger partial charge in [-0.25, -0.2) is 4.79 Å². The molecule has 0 aliphatic rings. The van der Waals surface area contributed by atoms with E-state index in [1.54, 1.807) is 37.3 Å². The average Bonchev–Trinajstić information content (AvgIpc) is 2.55. The summed E-state index contributed by atoms with van der Waals surface area (Å²) in [6, 6.07) is 16.3. The zero-order valence-electron chi connectivity index (χ0n) is 12.3. The number of para-hydroxylation sites is 2. The molecule has 4 nitrogen and oxygen atoms in total. The lowest BCUT2D eigenvalue weighted by Gasteiger charge is -2.09. The van der Waals surface area contributed by atoms with Gasteiger partial charge in [0.2, 0.25) is 5.91 Å². The molecule has 0 heterocycles. The molecular weight excluding hydrogens is 278 g/mol. The highest BCUT2D eigenvalue weighted by Gasteiger charge is 2.08. The maximum Gasteiger partial charge on any atom is 0.336 e. The molecule has 0 fully saturated rings. The van der Waals surface area contributed by atoms with E-state index in [2.05, 4.69) is 5.32 Å². The van der Waals surface area contributed by atoms with Crippen molar-refractivity contribution < 1.29 is 14.3 Å². The van der Waals surface area contributed by atoms with Crippen molar-refractivity contribution in [1.29, 1.82) is 0 Å². The van der Waals surface area contributed by atoms with Gasteiger partial charge in [0, 0.05) is 12.5 Å². The van der Waals surface area contributed by atoms with Crippen LogP contribution in [0.5, 0.6) is 5.75 Å². The van der Waals surface area contributed by atoms with Crippen LogP contribution in [0.15, 0.2) is 60.7 Å². The van der Waals surface area contributed by atoms with E-state index in [9.17, 15) is 9.59 Å². The molecule has 2 rings (SSSR count). The Morgan fingerprint density at radius 1 is 1.05 bits per heavy atom. The van der Waals surface area contributed by atoms with Gasteiger partial charge >= 0.3 is 5.97 Å². The van der Waals surface area contributed by atoms with Crippen molar-refractivity contribution in [3.05, 3.63) is 66.2 Å². The SMILES string of the molecule is CCC(=O)Nc1ccccc1OC(=O)/C=C/c1ccccc1. The van der Waals surface area contributed by atoms with E-state index >= 15 is 0 Å². The van der Waals surface area contributed by atoms with Gasteiger partial charge in [0.1, 0.15) is 0 Å². The lowest BCUT2D eigenvalue weighted by atomic mass is 10.2. The first kappa shape index (κ1) is 15.5. The van der Waals surface area contributed by atoms with Gasteiger partial charge in [0.05, 0.1) is 5.69 Å². The second-order valence-corrected chi connectivity index (χ2v) is 4.56. The lowest BCUT2D eigenvalue weighted by Crippen LogP contribution is -2.12. The number of hydrogen-bond acceptors (Lipinski definition) is 3. The number of carbonyl (C=O) groups is 2. The minimum Gasteiger partial charge on any atom is -0.421 e. The molecule has 4 heteroatoms. The van der Waals surface area contributed by atoms with E-state index in [4.69, 9.17) is 4.74 Å². The van der Waals surface area contributed by atoms with E-state index in [0.717, 1.165) is 5.56 Å². The fraction of sp³-hybridized carbons (Fsp3) is 0.111. The second kappa shape index (κ2) is 7.78. The standard InChI is InChI=1S/C18H17NO3/c1-2-17(20)19-15-10-6-7-11-16(15)22-18(21)13-12-14-8-4-3-5-9-14/h3-13H,2H2,1H3,(H,19,20)/b13-12+.